The van der Waals surface area contributed by atoms with Crippen molar-refractivity contribution in [1.29, 1.82) is 0 Å². The predicted molar refractivity (Wildman–Crippen MR) is 72.8 cm³/mol. The summed E-state index contributed by atoms with van der Waals surface area (Å²) < 4.78 is 1.89. The number of amides is 1. The predicted octanol–water partition coefficient (Wildman–Crippen LogP) is 2.86. The third-order valence-corrected chi connectivity index (χ3v) is 3.11. The second-order valence-corrected chi connectivity index (χ2v) is 5.18. The number of carbonyl (C=O) groups is 1. The summed E-state index contributed by atoms with van der Waals surface area (Å²) in [5, 5.41) is 0.376. The van der Waals surface area contributed by atoms with E-state index >= 15 is 0 Å². The number of halogens is 2. The molecule has 18 heavy (non-hydrogen) atoms. The molecule has 0 bridgehead atoms. The van der Waals surface area contributed by atoms with Crippen LogP contribution in [0.2, 0.25) is 5.02 Å². The van der Waals surface area contributed by atoms with Gasteiger partial charge in [-0.05, 0) is 25.1 Å². The van der Waals surface area contributed by atoms with Crippen LogP contribution in [0.4, 0.5) is 0 Å². The number of imidazole rings is 1. The van der Waals surface area contributed by atoms with Gasteiger partial charge in [0.15, 0.2) is 0 Å². The molecule has 0 spiro atoms. The molecular formula is C12H13Cl2N3O. The molecule has 1 amide bonds. The van der Waals surface area contributed by atoms with Gasteiger partial charge in [-0.15, -0.1) is 11.6 Å². The maximum Gasteiger partial charge on any atom is 0.219 e. The van der Waals surface area contributed by atoms with Gasteiger partial charge in [0.1, 0.15) is 5.82 Å². The van der Waals surface area contributed by atoms with Crippen LogP contribution in [0.15, 0.2) is 18.2 Å². The van der Waals surface area contributed by atoms with Gasteiger partial charge in [-0.1, -0.05) is 11.6 Å². The molecular weight excluding hydrogens is 273 g/mol. The van der Waals surface area contributed by atoms with Crippen molar-refractivity contribution in [2.75, 3.05) is 0 Å². The van der Waals surface area contributed by atoms with Crippen LogP contribution in [0.5, 0.6) is 0 Å². The first kappa shape index (κ1) is 13.2. The molecule has 0 saturated heterocycles. The van der Waals surface area contributed by atoms with E-state index in [1.54, 1.807) is 6.07 Å². The zero-order chi connectivity index (χ0) is 13.3. The molecule has 1 atom stereocenters. The van der Waals surface area contributed by atoms with Gasteiger partial charge >= 0.3 is 0 Å². The van der Waals surface area contributed by atoms with Gasteiger partial charge in [0.05, 0.1) is 16.4 Å². The van der Waals surface area contributed by atoms with Gasteiger partial charge in [0.25, 0.3) is 0 Å². The highest BCUT2D eigenvalue weighted by Gasteiger charge is 2.15. The number of nitrogens with zero attached hydrogens (tertiary/aromatic N) is 2. The average molecular weight is 286 g/mol. The Bertz CT molecular complexity index is 592. The lowest BCUT2D eigenvalue weighted by Crippen LogP contribution is -2.15. The van der Waals surface area contributed by atoms with Crippen LogP contribution in [-0.2, 0) is 11.3 Å². The normalized spacial score (nSPS) is 12.8. The SMILES string of the molecule is CC(Cl)c1nc2ccc(Cl)cc2n1CCC(N)=O. The molecule has 1 heterocycles. The second-order valence-electron chi connectivity index (χ2n) is 4.09. The van der Waals surface area contributed by atoms with Gasteiger partial charge < -0.3 is 10.3 Å². The van der Waals surface area contributed by atoms with E-state index in [1.807, 2.05) is 23.6 Å². The Morgan fingerprint density at radius 3 is 2.89 bits per heavy atom. The van der Waals surface area contributed by atoms with Gasteiger partial charge in [-0.2, -0.15) is 0 Å². The molecule has 1 aromatic carbocycles. The maximum absolute atomic E-state index is 10.9. The van der Waals surface area contributed by atoms with Crippen LogP contribution in [0.3, 0.4) is 0 Å². The minimum Gasteiger partial charge on any atom is -0.370 e. The summed E-state index contributed by atoms with van der Waals surface area (Å²) in [7, 11) is 0. The number of alkyl halides is 1. The number of aromatic nitrogens is 2. The first-order valence-electron chi connectivity index (χ1n) is 5.57. The molecule has 2 aromatic rings. The molecule has 1 unspecified atom stereocenters. The van der Waals surface area contributed by atoms with Crippen molar-refractivity contribution in [2.24, 2.45) is 5.73 Å². The van der Waals surface area contributed by atoms with Crippen LogP contribution in [-0.4, -0.2) is 15.5 Å². The third kappa shape index (κ3) is 2.60. The Morgan fingerprint density at radius 2 is 2.28 bits per heavy atom. The Balaban J connectivity index is 2.53. The van der Waals surface area contributed by atoms with E-state index in [0.717, 1.165) is 16.9 Å². The highest BCUT2D eigenvalue weighted by atomic mass is 35.5. The lowest BCUT2D eigenvalue weighted by atomic mass is 10.3. The molecule has 0 aliphatic heterocycles. The number of benzene rings is 1. The number of rotatable bonds is 4. The standard InChI is InChI=1S/C12H13Cl2N3O/c1-7(13)12-16-9-3-2-8(14)6-10(9)17(12)5-4-11(15)18/h2-3,6-7H,4-5H2,1H3,(H2,15,18). The number of hydrogen-bond donors (Lipinski definition) is 1. The molecule has 4 nitrogen and oxygen atoms in total. The summed E-state index contributed by atoms with van der Waals surface area (Å²) in [5.41, 5.74) is 6.86. The summed E-state index contributed by atoms with van der Waals surface area (Å²) in [6.07, 6.45) is 0.245. The lowest BCUT2D eigenvalue weighted by Gasteiger charge is -2.09. The number of hydrogen-bond acceptors (Lipinski definition) is 2. The van der Waals surface area contributed by atoms with E-state index in [4.69, 9.17) is 28.9 Å². The first-order chi connectivity index (χ1) is 8.49. The van der Waals surface area contributed by atoms with Crippen molar-refractivity contribution < 1.29 is 4.79 Å². The fourth-order valence-electron chi connectivity index (χ4n) is 1.88. The molecule has 1 aromatic heterocycles. The van der Waals surface area contributed by atoms with Crippen molar-refractivity contribution >= 4 is 40.1 Å². The lowest BCUT2D eigenvalue weighted by molar-refractivity contribution is -0.118. The highest BCUT2D eigenvalue weighted by Crippen LogP contribution is 2.26. The number of nitrogens with two attached hydrogens (primary N) is 1. The van der Waals surface area contributed by atoms with E-state index in [1.165, 1.54) is 0 Å². The van der Waals surface area contributed by atoms with Gasteiger partial charge in [-0.25, -0.2) is 4.98 Å². The molecule has 2 N–H and O–H groups in total. The van der Waals surface area contributed by atoms with Crippen molar-refractivity contribution in [1.82, 2.24) is 9.55 Å². The molecule has 0 saturated carbocycles. The first-order valence-corrected chi connectivity index (χ1v) is 6.38. The van der Waals surface area contributed by atoms with Crippen LogP contribution in [0.25, 0.3) is 11.0 Å². The van der Waals surface area contributed by atoms with E-state index in [-0.39, 0.29) is 17.7 Å². The van der Waals surface area contributed by atoms with Gasteiger partial charge in [-0.3, -0.25) is 4.79 Å². The van der Waals surface area contributed by atoms with E-state index in [2.05, 4.69) is 4.98 Å². The summed E-state index contributed by atoms with van der Waals surface area (Å²) in [4.78, 5) is 15.4. The number of fused-ring (bicyclic) bond motifs is 1. The zero-order valence-electron chi connectivity index (χ0n) is 9.86. The number of primary amides is 1. The topological polar surface area (TPSA) is 60.9 Å². The van der Waals surface area contributed by atoms with Crippen LogP contribution < -0.4 is 5.73 Å². The van der Waals surface area contributed by atoms with E-state index in [0.29, 0.717) is 11.6 Å². The van der Waals surface area contributed by atoms with Crippen molar-refractivity contribution in [3.05, 3.63) is 29.0 Å². The highest BCUT2D eigenvalue weighted by molar-refractivity contribution is 6.31. The molecule has 0 radical (unpaired) electrons. The van der Waals surface area contributed by atoms with Crippen LogP contribution in [0.1, 0.15) is 24.5 Å². The van der Waals surface area contributed by atoms with Crippen LogP contribution >= 0.6 is 23.2 Å². The van der Waals surface area contributed by atoms with Crippen molar-refractivity contribution in [3.8, 4) is 0 Å². The zero-order valence-corrected chi connectivity index (χ0v) is 11.4. The minimum atomic E-state index is -0.355. The molecule has 96 valence electrons. The van der Waals surface area contributed by atoms with Gasteiger partial charge in [0.2, 0.25) is 5.91 Å². The Kier molecular flexibility index (Phi) is 3.78. The van der Waals surface area contributed by atoms with Crippen LogP contribution in [0, 0.1) is 0 Å². The minimum absolute atomic E-state index is 0.245. The smallest absolute Gasteiger partial charge is 0.219 e. The Labute approximate surface area is 115 Å². The van der Waals surface area contributed by atoms with Crippen molar-refractivity contribution in [2.45, 2.75) is 25.3 Å². The maximum atomic E-state index is 10.9. The molecule has 6 heteroatoms. The molecule has 0 aliphatic rings. The Hall–Kier alpha value is -1.26. The molecule has 0 aliphatic carbocycles. The second kappa shape index (κ2) is 5.16. The summed E-state index contributed by atoms with van der Waals surface area (Å²) in [5.74, 6) is 0.363. The third-order valence-electron chi connectivity index (χ3n) is 2.68. The van der Waals surface area contributed by atoms with E-state index in [9.17, 15) is 4.79 Å². The quantitative estimate of drug-likeness (QED) is 0.878. The van der Waals surface area contributed by atoms with Crippen molar-refractivity contribution in [3.63, 3.8) is 0 Å². The fraction of sp³-hybridized carbons (Fsp3) is 0.333. The molecule has 0 fully saturated rings. The molecule has 2 rings (SSSR count). The largest absolute Gasteiger partial charge is 0.370 e. The van der Waals surface area contributed by atoms with E-state index < -0.39 is 0 Å². The summed E-state index contributed by atoms with van der Waals surface area (Å²) in [6.45, 7) is 2.30. The number of carbonyl (C=O) groups excluding carboxylic acids is 1. The summed E-state index contributed by atoms with van der Waals surface area (Å²) in [6, 6.07) is 5.42. The fourth-order valence-corrected chi connectivity index (χ4v) is 2.21. The Morgan fingerprint density at radius 1 is 1.56 bits per heavy atom. The number of aryl methyl sites for hydroxylation is 1. The summed E-state index contributed by atoms with van der Waals surface area (Å²) >= 11 is 12.1. The van der Waals surface area contributed by atoms with Gasteiger partial charge in [0, 0.05) is 18.0 Å². The average Bonchev–Trinajstić information content (AvgIpc) is 2.64. The monoisotopic (exact) mass is 285 g/mol.